The minimum Gasteiger partial charge on any atom is -0.391 e. The van der Waals surface area contributed by atoms with E-state index < -0.39 is 18.1 Å². The van der Waals surface area contributed by atoms with E-state index in [9.17, 15) is 19.1 Å². The summed E-state index contributed by atoms with van der Waals surface area (Å²) in [7, 11) is 0. The highest BCUT2D eigenvalue weighted by molar-refractivity contribution is 6.30. The number of rotatable bonds is 5. The predicted molar refractivity (Wildman–Crippen MR) is 110 cm³/mol. The van der Waals surface area contributed by atoms with Crippen molar-refractivity contribution < 1.29 is 19.1 Å². The molecule has 4 rings (SSSR count). The number of carbonyl (C=O) groups excluding carboxylic acids is 2. The van der Waals surface area contributed by atoms with E-state index in [2.05, 4.69) is 15.3 Å². The molecule has 9 heteroatoms. The fourth-order valence-corrected chi connectivity index (χ4v) is 3.74. The van der Waals surface area contributed by atoms with Gasteiger partial charge in [0.2, 0.25) is 5.91 Å². The molecule has 3 heterocycles. The molecule has 0 saturated carbocycles. The van der Waals surface area contributed by atoms with Crippen LogP contribution in [-0.2, 0) is 11.2 Å². The second kappa shape index (κ2) is 8.41. The molecule has 2 amide bonds. The molecule has 0 bridgehead atoms. The van der Waals surface area contributed by atoms with Gasteiger partial charge in [0.25, 0.3) is 5.91 Å². The van der Waals surface area contributed by atoms with Crippen LogP contribution in [0.4, 0.5) is 4.39 Å². The number of likely N-dealkylation sites (tertiary alicyclic amines) is 1. The van der Waals surface area contributed by atoms with Crippen LogP contribution in [0.5, 0.6) is 0 Å². The maximum absolute atomic E-state index is 13.2. The quantitative estimate of drug-likeness (QED) is 0.541. The van der Waals surface area contributed by atoms with E-state index >= 15 is 0 Å². The van der Waals surface area contributed by atoms with Crippen LogP contribution in [0, 0.1) is 5.82 Å². The first-order valence-corrected chi connectivity index (χ1v) is 9.93. The molecule has 1 aliphatic rings. The number of halogens is 2. The van der Waals surface area contributed by atoms with E-state index in [0.717, 1.165) is 0 Å². The summed E-state index contributed by atoms with van der Waals surface area (Å²) in [5.74, 6) is -1.12. The first-order chi connectivity index (χ1) is 14.4. The van der Waals surface area contributed by atoms with E-state index in [1.807, 2.05) is 0 Å². The largest absolute Gasteiger partial charge is 0.391 e. The monoisotopic (exact) mass is 430 g/mol. The van der Waals surface area contributed by atoms with Gasteiger partial charge in [-0.1, -0.05) is 23.7 Å². The molecule has 1 fully saturated rings. The fourth-order valence-electron chi connectivity index (χ4n) is 3.58. The Balaban J connectivity index is 1.56. The van der Waals surface area contributed by atoms with E-state index in [1.165, 1.54) is 17.0 Å². The summed E-state index contributed by atoms with van der Waals surface area (Å²) in [6, 6.07) is 8.17. The molecular weight excluding hydrogens is 411 g/mol. The van der Waals surface area contributed by atoms with Crippen LogP contribution in [0.3, 0.4) is 0 Å². The summed E-state index contributed by atoms with van der Waals surface area (Å²) in [5.41, 5.74) is 1.64. The van der Waals surface area contributed by atoms with Crippen LogP contribution in [0.2, 0.25) is 5.15 Å². The van der Waals surface area contributed by atoms with Crippen molar-refractivity contribution in [2.45, 2.75) is 25.0 Å². The first-order valence-electron chi connectivity index (χ1n) is 9.55. The Labute approximate surface area is 176 Å². The van der Waals surface area contributed by atoms with Gasteiger partial charge in [0.05, 0.1) is 11.6 Å². The number of aromatic amines is 1. The molecule has 7 nitrogen and oxygen atoms in total. The van der Waals surface area contributed by atoms with Crippen molar-refractivity contribution in [2.75, 3.05) is 13.1 Å². The van der Waals surface area contributed by atoms with Gasteiger partial charge in [-0.25, -0.2) is 9.37 Å². The van der Waals surface area contributed by atoms with Gasteiger partial charge in [0.15, 0.2) is 0 Å². The van der Waals surface area contributed by atoms with E-state index in [0.29, 0.717) is 34.6 Å². The van der Waals surface area contributed by atoms with Crippen molar-refractivity contribution in [1.29, 1.82) is 0 Å². The summed E-state index contributed by atoms with van der Waals surface area (Å²) in [5, 5.41) is 13.6. The molecule has 1 saturated heterocycles. The van der Waals surface area contributed by atoms with E-state index in [4.69, 9.17) is 11.6 Å². The van der Waals surface area contributed by atoms with Crippen molar-refractivity contribution in [2.24, 2.45) is 0 Å². The smallest absolute Gasteiger partial charge is 0.268 e. The lowest BCUT2D eigenvalue weighted by Gasteiger charge is -2.24. The Morgan fingerprint density at radius 3 is 2.80 bits per heavy atom. The molecule has 1 aromatic carbocycles. The zero-order valence-corrected chi connectivity index (χ0v) is 16.7. The molecule has 0 spiro atoms. The molecule has 0 unspecified atom stereocenters. The fraction of sp³-hybridized carbons (Fsp3) is 0.286. The molecule has 2 atom stereocenters. The topological polar surface area (TPSA) is 98.3 Å². The second-order valence-electron chi connectivity index (χ2n) is 7.36. The normalized spacial score (nSPS) is 17.3. The van der Waals surface area contributed by atoms with Crippen LogP contribution < -0.4 is 5.32 Å². The highest BCUT2D eigenvalue weighted by Crippen LogP contribution is 2.18. The number of nitrogens with one attached hydrogen (secondary N) is 2. The van der Waals surface area contributed by atoms with Gasteiger partial charge in [-0.2, -0.15) is 0 Å². The molecule has 0 aliphatic carbocycles. The number of fused-ring (bicyclic) bond motifs is 1. The number of benzene rings is 1. The maximum Gasteiger partial charge on any atom is 0.268 e. The van der Waals surface area contributed by atoms with Gasteiger partial charge >= 0.3 is 0 Å². The third-order valence-electron chi connectivity index (χ3n) is 5.15. The van der Waals surface area contributed by atoms with Gasteiger partial charge in [0, 0.05) is 31.1 Å². The molecular formula is C21H20ClFN4O3. The minimum atomic E-state index is -0.860. The summed E-state index contributed by atoms with van der Waals surface area (Å²) >= 11 is 5.89. The highest BCUT2D eigenvalue weighted by atomic mass is 35.5. The molecule has 2 aromatic heterocycles. The Morgan fingerprint density at radius 1 is 1.33 bits per heavy atom. The number of hydrogen-bond acceptors (Lipinski definition) is 4. The maximum atomic E-state index is 13.2. The lowest BCUT2D eigenvalue weighted by Crippen LogP contribution is -2.49. The van der Waals surface area contributed by atoms with Crippen LogP contribution in [-0.4, -0.2) is 57.0 Å². The highest BCUT2D eigenvalue weighted by Gasteiger charge is 2.31. The lowest BCUT2D eigenvalue weighted by molar-refractivity contribution is -0.132. The molecule has 30 heavy (non-hydrogen) atoms. The first kappa shape index (κ1) is 20.3. The molecule has 0 radical (unpaired) electrons. The number of hydrogen-bond donors (Lipinski definition) is 3. The summed E-state index contributed by atoms with van der Waals surface area (Å²) < 4.78 is 13.2. The van der Waals surface area contributed by atoms with Crippen molar-refractivity contribution in [3.63, 3.8) is 0 Å². The van der Waals surface area contributed by atoms with Gasteiger partial charge in [0.1, 0.15) is 22.7 Å². The third-order valence-corrected chi connectivity index (χ3v) is 5.35. The molecule has 3 N–H and O–H groups in total. The van der Waals surface area contributed by atoms with Gasteiger partial charge in [-0.15, -0.1) is 0 Å². The van der Waals surface area contributed by atoms with Crippen molar-refractivity contribution in [3.05, 3.63) is 64.8 Å². The summed E-state index contributed by atoms with van der Waals surface area (Å²) in [6.45, 7) is 0.650. The van der Waals surface area contributed by atoms with Gasteiger partial charge in [-0.05, 0) is 36.2 Å². The number of amides is 2. The Hall–Kier alpha value is -2.97. The molecule has 3 aromatic rings. The number of nitrogens with zero attached hydrogens (tertiary/aromatic N) is 2. The second-order valence-corrected chi connectivity index (χ2v) is 7.75. The van der Waals surface area contributed by atoms with Crippen molar-refractivity contribution in [1.82, 2.24) is 20.2 Å². The number of aliphatic hydroxyl groups excluding tert-OH is 1. The Bertz CT molecular complexity index is 1090. The predicted octanol–water partition coefficient (Wildman–Crippen LogP) is 2.29. The number of H-pyrrole nitrogens is 1. The van der Waals surface area contributed by atoms with Crippen molar-refractivity contribution in [3.8, 4) is 0 Å². The van der Waals surface area contributed by atoms with Crippen LogP contribution in [0.25, 0.3) is 10.9 Å². The van der Waals surface area contributed by atoms with Gasteiger partial charge < -0.3 is 20.3 Å². The summed E-state index contributed by atoms with van der Waals surface area (Å²) in [6.07, 6.45) is 1.68. The van der Waals surface area contributed by atoms with Crippen LogP contribution in [0.15, 0.2) is 42.6 Å². The number of aromatic nitrogens is 2. The van der Waals surface area contributed by atoms with Crippen molar-refractivity contribution >= 4 is 34.3 Å². The third kappa shape index (κ3) is 4.44. The molecule has 1 aliphatic heterocycles. The minimum absolute atomic E-state index is 0.199. The summed E-state index contributed by atoms with van der Waals surface area (Å²) in [4.78, 5) is 34.4. The zero-order valence-electron chi connectivity index (χ0n) is 15.9. The number of β-amino-alcohol motifs (C(OH)–C–C–N with tert-alkyl or cyclic N) is 1. The van der Waals surface area contributed by atoms with E-state index in [-0.39, 0.29) is 30.4 Å². The van der Waals surface area contributed by atoms with Crippen LogP contribution in [0.1, 0.15) is 22.5 Å². The lowest BCUT2D eigenvalue weighted by atomic mass is 10.0. The molecule has 156 valence electrons. The standard InChI is InChI=1S/C21H20ClFN4O3/c22-19-9-16-13(10-24-19)8-17(25-16)20(29)26-18(7-12-1-3-14(23)4-2-12)21(30)27-6-5-15(28)11-27/h1-4,8-10,15,18,25,28H,5-7,11H2,(H,26,29)/t15-,18-/m0/s1. The number of aliphatic hydroxyl groups is 1. The zero-order chi connectivity index (χ0) is 21.3. The average Bonchev–Trinajstić information content (AvgIpc) is 3.34. The Morgan fingerprint density at radius 2 is 2.10 bits per heavy atom. The number of carbonyl (C=O) groups is 2. The van der Waals surface area contributed by atoms with E-state index in [1.54, 1.807) is 30.5 Å². The van der Waals surface area contributed by atoms with Crippen LogP contribution >= 0.6 is 11.6 Å². The number of pyridine rings is 1. The Kier molecular flexibility index (Phi) is 5.69. The average molecular weight is 431 g/mol. The van der Waals surface area contributed by atoms with Gasteiger partial charge in [-0.3, -0.25) is 9.59 Å². The SMILES string of the molecule is O=C(N[C@@H](Cc1ccc(F)cc1)C(=O)N1CC[C@H](O)C1)c1cc2cnc(Cl)cc2[nH]1.